The molecular weight excluding hydrogens is 1340 g/mol. The summed E-state index contributed by atoms with van der Waals surface area (Å²) >= 11 is 0. The average molecular weight is 1510 g/mol. The maximum Gasteiger partial charge on any atom is 0.472 e. The number of hydrogen-bond donors (Lipinski definition) is 3. The van der Waals surface area contributed by atoms with E-state index in [4.69, 9.17) is 37.0 Å². The summed E-state index contributed by atoms with van der Waals surface area (Å²) in [5.74, 6) is 0.272. The second-order valence-electron chi connectivity index (χ2n) is 31.2. The third-order valence-corrected chi connectivity index (χ3v) is 22.3. The van der Waals surface area contributed by atoms with E-state index in [0.29, 0.717) is 25.7 Å². The Balaban J connectivity index is 5.25. The molecule has 19 heteroatoms. The number of unbranched alkanes of at least 4 members (excludes halogenated alkanes) is 48. The predicted octanol–water partition coefficient (Wildman–Crippen LogP) is 25.3. The highest BCUT2D eigenvalue weighted by molar-refractivity contribution is 7.47. The van der Waals surface area contributed by atoms with Crippen LogP contribution >= 0.6 is 15.6 Å². The second-order valence-corrected chi connectivity index (χ2v) is 34.1. The van der Waals surface area contributed by atoms with Crippen LogP contribution in [-0.4, -0.2) is 96.7 Å². The average Bonchev–Trinajstić information content (AvgIpc) is 1.25. The first-order valence-electron chi connectivity index (χ1n) is 43.4. The van der Waals surface area contributed by atoms with E-state index in [1.807, 2.05) is 0 Å². The van der Waals surface area contributed by atoms with Crippen LogP contribution in [0.3, 0.4) is 0 Å². The Morgan fingerprint density at radius 2 is 0.495 bits per heavy atom. The topological polar surface area (TPSA) is 237 Å². The summed E-state index contributed by atoms with van der Waals surface area (Å²) < 4.78 is 68.8. The van der Waals surface area contributed by atoms with Crippen molar-refractivity contribution >= 4 is 39.5 Å². The fourth-order valence-corrected chi connectivity index (χ4v) is 14.5. The number of carbonyl (C=O) groups excluding carboxylic acids is 4. The fourth-order valence-electron chi connectivity index (χ4n) is 13.0. The number of aliphatic hydroxyl groups excluding tert-OH is 1. The highest BCUT2D eigenvalue weighted by Crippen LogP contribution is 2.45. The van der Waals surface area contributed by atoms with Gasteiger partial charge in [0.05, 0.1) is 26.4 Å². The number of aliphatic hydroxyl groups is 1. The normalized spacial score (nSPS) is 14.4. The van der Waals surface area contributed by atoms with Crippen molar-refractivity contribution < 1.29 is 80.2 Å². The lowest BCUT2D eigenvalue weighted by molar-refractivity contribution is -0.161. The number of phosphoric ester groups is 2. The molecule has 0 radical (unpaired) electrons. The Labute approximate surface area is 632 Å². The third-order valence-electron chi connectivity index (χ3n) is 20.4. The summed E-state index contributed by atoms with van der Waals surface area (Å²) in [5, 5.41) is 10.7. The standard InChI is InChI=1S/C84H164O17P2/c1-8-11-12-13-14-15-16-17-18-19-20-21-22-23-28-31-37-46-53-60-67-83(88)100-79(71-94-81(86)65-58-51-44-36-30-27-25-24-26-29-35-42-49-56-63-76(6)9-2)73-98-102(90,91)96-69-78(85)70-97-103(92,93)99-74-80(72-95-82(87)66-59-52-45-40-39-43-50-57-64-77(7)10-3)101-84(89)68-61-54-47-38-33-32-34-41-48-55-62-75(4)5/h75-80,85H,8-74H2,1-7H3,(H,90,91)(H,92,93)/t76?,77?,78-,79-,80-/m1/s1. The number of esters is 4. The molecule has 612 valence electrons. The minimum atomic E-state index is -4.97. The van der Waals surface area contributed by atoms with Crippen molar-refractivity contribution in [2.24, 2.45) is 17.8 Å². The lowest BCUT2D eigenvalue weighted by atomic mass is 9.99. The number of hydrogen-bond acceptors (Lipinski definition) is 15. The van der Waals surface area contributed by atoms with Crippen molar-refractivity contribution in [1.29, 1.82) is 0 Å². The van der Waals surface area contributed by atoms with Gasteiger partial charge in [-0.15, -0.1) is 0 Å². The van der Waals surface area contributed by atoms with E-state index in [1.54, 1.807) is 0 Å². The van der Waals surface area contributed by atoms with Gasteiger partial charge in [-0.25, -0.2) is 9.13 Å². The van der Waals surface area contributed by atoms with Gasteiger partial charge in [0, 0.05) is 25.7 Å². The zero-order valence-electron chi connectivity index (χ0n) is 67.8. The van der Waals surface area contributed by atoms with Gasteiger partial charge in [-0.3, -0.25) is 37.3 Å². The quantitative estimate of drug-likeness (QED) is 0.0222. The SMILES string of the molecule is CCCCCCCCCCCCCCCCCCCCCCC(=O)O[C@H](COC(=O)CCCCCCCCCCCCCCCCC(C)CC)COP(=O)(O)OC[C@@H](O)COP(=O)(O)OC[C@@H](COC(=O)CCCCCCCCCCC(C)CC)OC(=O)CCCCCCCCCCCCC(C)C. The number of phosphoric acid groups is 2. The molecule has 0 aromatic rings. The Kier molecular flexibility index (Phi) is 72.8. The van der Waals surface area contributed by atoms with Gasteiger partial charge >= 0.3 is 39.5 Å². The summed E-state index contributed by atoms with van der Waals surface area (Å²) in [4.78, 5) is 73.2. The van der Waals surface area contributed by atoms with E-state index >= 15 is 0 Å². The molecular formula is C84H164O17P2. The number of rotatable bonds is 82. The molecule has 3 N–H and O–H groups in total. The summed E-state index contributed by atoms with van der Waals surface area (Å²) in [6, 6.07) is 0. The van der Waals surface area contributed by atoms with Crippen LogP contribution in [0.2, 0.25) is 0 Å². The summed E-state index contributed by atoms with van der Waals surface area (Å²) in [5.41, 5.74) is 0. The molecule has 0 aromatic heterocycles. The van der Waals surface area contributed by atoms with Gasteiger partial charge in [0.25, 0.3) is 0 Å². The molecule has 0 saturated heterocycles. The molecule has 0 bridgehead atoms. The van der Waals surface area contributed by atoms with Crippen LogP contribution in [0.4, 0.5) is 0 Å². The van der Waals surface area contributed by atoms with Gasteiger partial charge in [0.2, 0.25) is 0 Å². The van der Waals surface area contributed by atoms with Crippen LogP contribution < -0.4 is 0 Å². The molecule has 0 aromatic carbocycles. The first-order chi connectivity index (χ1) is 49.8. The molecule has 0 saturated carbocycles. The van der Waals surface area contributed by atoms with Crippen LogP contribution in [0.15, 0.2) is 0 Å². The monoisotopic (exact) mass is 1510 g/mol. The summed E-state index contributed by atoms with van der Waals surface area (Å²) in [7, 11) is -9.93. The zero-order valence-corrected chi connectivity index (χ0v) is 69.6. The fraction of sp³-hybridized carbons (Fsp3) is 0.952. The van der Waals surface area contributed by atoms with Crippen molar-refractivity contribution in [2.75, 3.05) is 39.6 Å². The van der Waals surface area contributed by atoms with Crippen molar-refractivity contribution in [3.05, 3.63) is 0 Å². The molecule has 0 aliphatic heterocycles. The first kappa shape index (κ1) is 101. The lowest BCUT2D eigenvalue weighted by Gasteiger charge is -2.21. The van der Waals surface area contributed by atoms with E-state index in [-0.39, 0.29) is 25.7 Å². The highest BCUT2D eigenvalue weighted by Gasteiger charge is 2.30. The minimum absolute atomic E-state index is 0.106. The predicted molar refractivity (Wildman–Crippen MR) is 423 cm³/mol. The van der Waals surface area contributed by atoms with Crippen LogP contribution in [0.1, 0.15) is 440 Å². The molecule has 7 atom stereocenters. The Hall–Kier alpha value is -1.94. The molecule has 0 amide bonds. The molecule has 103 heavy (non-hydrogen) atoms. The largest absolute Gasteiger partial charge is 0.472 e. The Morgan fingerprint density at radius 3 is 0.738 bits per heavy atom. The molecule has 0 aliphatic rings. The summed E-state index contributed by atoms with van der Waals surface area (Å²) in [6.07, 6.45) is 63.8. The third kappa shape index (κ3) is 75.3. The van der Waals surface area contributed by atoms with Gasteiger partial charge in [-0.1, -0.05) is 389 Å². The molecule has 0 heterocycles. The highest BCUT2D eigenvalue weighted by atomic mass is 31.2. The van der Waals surface area contributed by atoms with Crippen molar-refractivity contribution in [3.63, 3.8) is 0 Å². The van der Waals surface area contributed by atoms with E-state index in [9.17, 15) is 43.2 Å². The molecule has 17 nitrogen and oxygen atoms in total. The molecule has 0 spiro atoms. The smallest absolute Gasteiger partial charge is 0.462 e. The van der Waals surface area contributed by atoms with Gasteiger partial charge in [-0.2, -0.15) is 0 Å². The Bertz CT molecular complexity index is 2000. The van der Waals surface area contributed by atoms with E-state index < -0.39 is 97.5 Å². The van der Waals surface area contributed by atoms with Crippen LogP contribution in [0, 0.1) is 17.8 Å². The number of carbonyl (C=O) groups is 4. The van der Waals surface area contributed by atoms with E-state index in [1.165, 1.54) is 250 Å². The van der Waals surface area contributed by atoms with E-state index in [2.05, 4.69) is 48.5 Å². The van der Waals surface area contributed by atoms with Gasteiger partial charge in [0.1, 0.15) is 19.3 Å². The van der Waals surface area contributed by atoms with Gasteiger partial charge < -0.3 is 33.8 Å². The second kappa shape index (κ2) is 74.2. The van der Waals surface area contributed by atoms with Crippen LogP contribution in [0.25, 0.3) is 0 Å². The lowest BCUT2D eigenvalue weighted by Crippen LogP contribution is -2.30. The summed E-state index contributed by atoms with van der Waals surface area (Å²) in [6.45, 7) is 12.0. The maximum absolute atomic E-state index is 13.1. The van der Waals surface area contributed by atoms with Crippen molar-refractivity contribution in [2.45, 2.75) is 458 Å². The number of ether oxygens (including phenoxy) is 4. The van der Waals surface area contributed by atoms with Gasteiger partial charge in [-0.05, 0) is 43.4 Å². The molecule has 0 fully saturated rings. The van der Waals surface area contributed by atoms with Crippen LogP contribution in [-0.2, 0) is 65.4 Å². The van der Waals surface area contributed by atoms with Crippen molar-refractivity contribution in [1.82, 2.24) is 0 Å². The Morgan fingerprint density at radius 1 is 0.282 bits per heavy atom. The van der Waals surface area contributed by atoms with Crippen LogP contribution in [0.5, 0.6) is 0 Å². The van der Waals surface area contributed by atoms with E-state index in [0.717, 1.165) is 108 Å². The maximum atomic E-state index is 13.1. The molecule has 4 unspecified atom stereocenters. The zero-order chi connectivity index (χ0) is 75.8. The van der Waals surface area contributed by atoms with Crippen molar-refractivity contribution in [3.8, 4) is 0 Å². The molecule has 0 rings (SSSR count). The molecule has 0 aliphatic carbocycles. The van der Waals surface area contributed by atoms with Gasteiger partial charge in [0.15, 0.2) is 12.2 Å². The first-order valence-corrected chi connectivity index (χ1v) is 46.4. The minimum Gasteiger partial charge on any atom is -0.462 e.